The van der Waals surface area contributed by atoms with Crippen LogP contribution in [0.15, 0.2) is 18.2 Å². The summed E-state index contributed by atoms with van der Waals surface area (Å²) in [6.45, 7) is 2.86. The van der Waals surface area contributed by atoms with E-state index in [2.05, 4.69) is 10.6 Å². The van der Waals surface area contributed by atoms with E-state index in [0.717, 1.165) is 19.5 Å². The second-order valence-corrected chi connectivity index (χ2v) is 4.97. The number of halogens is 1. The van der Waals surface area contributed by atoms with Crippen LogP contribution in [0.3, 0.4) is 0 Å². The molecule has 0 aromatic heterocycles. The number of hydrogen-bond donors (Lipinski definition) is 2. The van der Waals surface area contributed by atoms with Gasteiger partial charge in [0.1, 0.15) is 0 Å². The molecule has 2 N–H and O–H groups in total. The summed E-state index contributed by atoms with van der Waals surface area (Å²) < 4.78 is 10.4. The van der Waals surface area contributed by atoms with Crippen molar-refractivity contribution in [2.24, 2.45) is 5.92 Å². The fourth-order valence-electron chi connectivity index (χ4n) is 2.43. The third-order valence-corrected chi connectivity index (χ3v) is 3.65. The van der Waals surface area contributed by atoms with Gasteiger partial charge in [-0.05, 0) is 50.0 Å². The summed E-state index contributed by atoms with van der Waals surface area (Å²) in [6, 6.07) is 5.19. The molecule has 1 atom stereocenters. The minimum absolute atomic E-state index is 0. The molecule has 1 aromatic rings. The Bertz CT molecular complexity index is 462. The van der Waals surface area contributed by atoms with Crippen LogP contribution in [-0.2, 0) is 0 Å². The number of methoxy groups -OCH3 is 2. The third kappa shape index (κ3) is 4.79. The second-order valence-electron chi connectivity index (χ2n) is 4.97. The molecule has 118 valence electrons. The monoisotopic (exact) mass is 314 g/mol. The molecule has 1 fully saturated rings. The van der Waals surface area contributed by atoms with Crippen LogP contribution in [0, 0.1) is 5.92 Å². The van der Waals surface area contributed by atoms with Gasteiger partial charge < -0.3 is 20.1 Å². The maximum atomic E-state index is 12.1. The standard InChI is InChI=1S/C15H22N2O3.ClH/c1-19-13-4-3-12(9-14(13)20-2)15(18)17-8-6-11-5-7-16-10-11;/h3-4,9,11,16H,5-8,10H2,1-2H3,(H,17,18);1H. The minimum atomic E-state index is -0.0723. The fraction of sp³-hybridized carbons (Fsp3) is 0.533. The third-order valence-electron chi connectivity index (χ3n) is 3.65. The predicted octanol–water partition coefficient (Wildman–Crippen LogP) is 1.85. The first-order valence-corrected chi connectivity index (χ1v) is 6.95. The average Bonchev–Trinajstić information content (AvgIpc) is 2.99. The van der Waals surface area contributed by atoms with E-state index in [1.54, 1.807) is 32.4 Å². The highest BCUT2D eigenvalue weighted by molar-refractivity contribution is 5.94. The Balaban J connectivity index is 0.00000220. The highest BCUT2D eigenvalue weighted by Gasteiger charge is 2.15. The summed E-state index contributed by atoms with van der Waals surface area (Å²) >= 11 is 0. The van der Waals surface area contributed by atoms with Crippen molar-refractivity contribution in [3.8, 4) is 11.5 Å². The summed E-state index contributed by atoms with van der Waals surface area (Å²) in [6.07, 6.45) is 2.22. The van der Waals surface area contributed by atoms with E-state index in [1.807, 2.05) is 0 Å². The lowest BCUT2D eigenvalue weighted by Gasteiger charge is -2.11. The normalized spacial score (nSPS) is 17.0. The maximum Gasteiger partial charge on any atom is 0.251 e. The van der Waals surface area contributed by atoms with Crippen LogP contribution in [0.5, 0.6) is 11.5 Å². The van der Waals surface area contributed by atoms with Crippen LogP contribution < -0.4 is 20.1 Å². The zero-order chi connectivity index (χ0) is 14.4. The number of benzene rings is 1. The van der Waals surface area contributed by atoms with Gasteiger partial charge in [-0.25, -0.2) is 0 Å². The van der Waals surface area contributed by atoms with Crippen LogP contribution in [0.1, 0.15) is 23.2 Å². The van der Waals surface area contributed by atoms with E-state index in [0.29, 0.717) is 29.5 Å². The zero-order valence-electron chi connectivity index (χ0n) is 12.5. The van der Waals surface area contributed by atoms with Crippen molar-refractivity contribution < 1.29 is 14.3 Å². The molecule has 0 radical (unpaired) electrons. The van der Waals surface area contributed by atoms with Gasteiger partial charge in [0.05, 0.1) is 14.2 Å². The van der Waals surface area contributed by atoms with E-state index in [-0.39, 0.29) is 18.3 Å². The minimum Gasteiger partial charge on any atom is -0.493 e. The van der Waals surface area contributed by atoms with Gasteiger partial charge in [0.2, 0.25) is 0 Å². The zero-order valence-corrected chi connectivity index (χ0v) is 13.3. The van der Waals surface area contributed by atoms with Crippen molar-refractivity contribution in [1.29, 1.82) is 0 Å². The first kappa shape index (κ1) is 17.6. The molecule has 1 aromatic carbocycles. The van der Waals surface area contributed by atoms with E-state index in [4.69, 9.17) is 9.47 Å². The smallest absolute Gasteiger partial charge is 0.251 e. The first-order chi connectivity index (χ1) is 9.74. The van der Waals surface area contributed by atoms with Gasteiger partial charge in [-0.15, -0.1) is 12.4 Å². The summed E-state index contributed by atoms with van der Waals surface area (Å²) in [5, 5.41) is 6.28. The van der Waals surface area contributed by atoms with Gasteiger partial charge in [-0.3, -0.25) is 4.79 Å². The molecule has 0 saturated carbocycles. The van der Waals surface area contributed by atoms with Crippen molar-refractivity contribution in [2.45, 2.75) is 12.8 Å². The van der Waals surface area contributed by atoms with E-state index < -0.39 is 0 Å². The number of amides is 1. The van der Waals surface area contributed by atoms with Gasteiger partial charge in [0.15, 0.2) is 11.5 Å². The molecule has 5 nitrogen and oxygen atoms in total. The molecular formula is C15H23ClN2O3. The maximum absolute atomic E-state index is 12.1. The highest BCUT2D eigenvalue weighted by atomic mass is 35.5. The highest BCUT2D eigenvalue weighted by Crippen LogP contribution is 2.27. The number of ether oxygens (including phenoxy) is 2. The number of carbonyl (C=O) groups excluding carboxylic acids is 1. The van der Waals surface area contributed by atoms with Crippen LogP contribution >= 0.6 is 12.4 Å². The van der Waals surface area contributed by atoms with E-state index in [1.165, 1.54) is 6.42 Å². The molecule has 1 aliphatic rings. The van der Waals surface area contributed by atoms with Gasteiger partial charge in [0.25, 0.3) is 5.91 Å². The molecule has 2 rings (SSSR count). The average molecular weight is 315 g/mol. The summed E-state index contributed by atoms with van der Waals surface area (Å²) in [4.78, 5) is 12.1. The number of carbonyl (C=O) groups is 1. The SMILES string of the molecule is COc1ccc(C(=O)NCCC2CCNC2)cc1OC.Cl. The molecule has 1 unspecified atom stereocenters. The lowest BCUT2D eigenvalue weighted by molar-refractivity contribution is 0.0951. The topological polar surface area (TPSA) is 59.6 Å². The van der Waals surface area contributed by atoms with Crippen molar-refractivity contribution in [2.75, 3.05) is 33.9 Å². The summed E-state index contributed by atoms with van der Waals surface area (Å²) in [7, 11) is 3.14. The van der Waals surface area contributed by atoms with Crippen molar-refractivity contribution in [3.05, 3.63) is 23.8 Å². The molecule has 1 saturated heterocycles. The van der Waals surface area contributed by atoms with Crippen molar-refractivity contribution >= 4 is 18.3 Å². The molecule has 0 bridgehead atoms. The van der Waals surface area contributed by atoms with Gasteiger partial charge in [0, 0.05) is 12.1 Å². The summed E-state index contributed by atoms with van der Waals surface area (Å²) in [5.41, 5.74) is 0.590. The molecule has 1 amide bonds. The van der Waals surface area contributed by atoms with Crippen LogP contribution in [0.2, 0.25) is 0 Å². The first-order valence-electron chi connectivity index (χ1n) is 6.95. The Kier molecular flexibility index (Phi) is 7.32. The quantitative estimate of drug-likeness (QED) is 0.841. The van der Waals surface area contributed by atoms with Gasteiger partial charge in [-0.1, -0.05) is 0 Å². The predicted molar refractivity (Wildman–Crippen MR) is 84.7 cm³/mol. The Hall–Kier alpha value is -1.46. The van der Waals surface area contributed by atoms with E-state index in [9.17, 15) is 4.79 Å². The molecule has 21 heavy (non-hydrogen) atoms. The van der Waals surface area contributed by atoms with Crippen molar-refractivity contribution in [3.63, 3.8) is 0 Å². The van der Waals surface area contributed by atoms with Gasteiger partial charge >= 0.3 is 0 Å². The molecule has 0 spiro atoms. The molecule has 1 aliphatic heterocycles. The largest absolute Gasteiger partial charge is 0.493 e. The summed E-state index contributed by atoms with van der Waals surface area (Å²) in [5.74, 6) is 1.80. The number of rotatable bonds is 6. The lowest BCUT2D eigenvalue weighted by Crippen LogP contribution is -2.26. The van der Waals surface area contributed by atoms with Crippen LogP contribution in [0.4, 0.5) is 0 Å². The molecular weight excluding hydrogens is 292 g/mol. The second kappa shape index (κ2) is 8.74. The molecule has 0 aliphatic carbocycles. The van der Waals surface area contributed by atoms with Crippen LogP contribution in [0.25, 0.3) is 0 Å². The van der Waals surface area contributed by atoms with Crippen LogP contribution in [-0.4, -0.2) is 39.8 Å². The molecule has 6 heteroatoms. The van der Waals surface area contributed by atoms with Crippen molar-refractivity contribution in [1.82, 2.24) is 10.6 Å². The number of nitrogens with one attached hydrogen (secondary N) is 2. The Morgan fingerprint density at radius 2 is 2.10 bits per heavy atom. The van der Waals surface area contributed by atoms with Gasteiger partial charge in [-0.2, -0.15) is 0 Å². The molecule has 1 heterocycles. The fourth-order valence-corrected chi connectivity index (χ4v) is 2.43. The lowest BCUT2D eigenvalue weighted by atomic mass is 10.1. The Morgan fingerprint density at radius 3 is 2.71 bits per heavy atom. The van der Waals surface area contributed by atoms with E-state index >= 15 is 0 Å². The Labute approximate surface area is 131 Å². The Morgan fingerprint density at radius 1 is 1.33 bits per heavy atom. The number of hydrogen-bond acceptors (Lipinski definition) is 4.